The van der Waals surface area contributed by atoms with Crippen molar-refractivity contribution in [3.05, 3.63) is 53.6 Å². The van der Waals surface area contributed by atoms with Crippen LogP contribution >= 0.6 is 23.1 Å². The van der Waals surface area contributed by atoms with Crippen molar-refractivity contribution in [1.29, 1.82) is 0 Å². The average Bonchev–Trinajstić information content (AvgIpc) is 2.98. The number of carbonyl (C=O) groups is 2. The van der Waals surface area contributed by atoms with Gasteiger partial charge in [-0.15, -0.1) is 11.8 Å². The summed E-state index contributed by atoms with van der Waals surface area (Å²) in [7, 11) is 0. The minimum Gasteiger partial charge on any atom is -0.325 e. The maximum atomic E-state index is 12.1. The van der Waals surface area contributed by atoms with E-state index in [4.69, 9.17) is 0 Å². The van der Waals surface area contributed by atoms with Gasteiger partial charge in [0, 0.05) is 5.69 Å². The van der Waals surface area contributed by atoms with Gasteiger partial charge in [-0.3, -0.25) is 9.59 Å². The van der Waals surface area contributed by atoms with E-state index >= 15 is 0 Å². The minimum absolute atomic E-state index is 0.121. The molecule has 1 heterocycles. The van der Waals surface area contributed by atoms with E-state index in [0.717, 1.165) is 27.0 Å². The molecule has 0 aliphatic carbocycles. The van der Waals surface area contributed by atoms with E-state index in [2.05, 4.69) is 15.6 Å². The third kappa shape index (κ3) is 4.83. The number of nitrogens with zero attached hydrogens (tertiary/aromatic N) is 1. The van der Waals surface area contributed by atoms with Crippen LogP contribution < -0.4 is 10.6 Å². The van der Waals surface area contributed by atoms with Crippen molar-refractivity contribution in [1.82, 2.24) is 4.98 Å². The monoisotopic (exact) mass is 385 g/mol. The van der Waals surface area contributed by atoms with Crippen molar-refractivity contribution in [3.8, 4) is 0 Å². The van der Waals surface area contributed by atoms with Gasteiger partial charge in [0.15, 0.2) is 5.13 Å². The highest BCUT2D eigenvalue weighted by molar-refractivity contribution is 8.00. The fraction of sp³-hybridized carbons (Fsp3) is 0.211. The molecule has 1 aromatic heterocycles. The standard InChI is InChI=1S/C19H19N3O2S2/c1-12-5-3-7-14(9-12)20-16(23)10-25-11-17(24)21-19-22-18-13(2)6-4-8-15(18)26-19/h3-9H,10-11H2,1-2H3,(H,20,23)(H,21,22,24). The van der Waals surface area contributed by atoms with Gasteiger partial charge >= 0.3 is 0 Å². The number of amides is 2. The van der Waals surface area contributed by atoms with Crippen LogP contribution in [-0.2, 0) is 9.59 Å². The Bertz CT molecular complexity index is 953. The quantitative estimate of drug-likeness (QED) is 0.666. The lowest BCUT2D eigenvalue weighted by Crippen LogP contribution is -2.18. The molecule has 0 saturated heterocycles. The molecule has 0 aliphatic heterocycles. The Balaban J connectivity index is 1.46. The van der Waals surface area contributed by atoms with Crippen molar-refractivity contribution in [2.75, 3.05) is 22.1 Å². The zero-order valence-electron chi connectivity index (χ0n) is 14.5. The fourth-order valence-electron chi connectivity index (χ4n) is 2.45. The van der Waals surface area contributed by atoms with E-state index in [-0.39, 0.29) is 23.3 Å². The number of anilines is 2. The largest absolute Gasteiger partial charge is 0.325 e. The molecule has 26 heavy (non-hydrogen) atoms. The summed E-state index contributed by atoms with van der Waals surface area (Å²) in [4.78, 5) is 28.5. The van der Waals surface area contributed by atoms with Crippen LogP contribution in [0, 0.1) is 13.8 Å². The first kappa shape index (κ1) is 18.4. The second-order valence-electron chi connectivity index (χ2n) is 5.90. The van der Waals surface area contributed by atoms with Gasteiger partial charge in [0.2, 0.25) is 11.8 Å². The third-order valence-corrected chi connectivity index (χ3v) is 5.50. The van der Waals surface area contributed by atoms with E-state index in [0.29, 0.717) is 5.13 Å². The molecule has 0 unspecified atom stereocenters. The summed E-state index contributed by atoms with van der Waals surface area (Å²) in [5.74, 6) is 0.148. The average molecular weight is 386 g/mol. The Hall–Kier alpha value is -2.38. The lowest BCUT2D eigenvalue weighted by Gasteiger charge is -2.06. The number of aryl methyl sites for hydroxylation is 2. The maximum absolute atomic E-state index is 12.1. The molecule has 0 aliphatic rings. The molecule has 0 atom stereocenters. The van der Waals surface area contributed by atoms with Crippen molar-refractivity contribution in [2.45, 2.75) is 13.8 Å². The van der Waals surface area contributed by atoms with Gasteiger partial charge < -0.3 is 10.6 Å². The first-order valence-electron chi connectivity index (χ1n) is 8.11. The number of carbonyl (C=O) groups excluding carboxylic acids is 2. The lowest BCUT2D eigenvalue weighted by molar-refractivity contribution is -0.114. The molecular weight excluding hydrogens is 366 g/mol. The summed E-state index contributed by atoms with van der Waals surface area (Å²) in [6.07, 6.45) is 0. The second kappa shape index (κ2) is 8.33. The molecule has 0 spiro atoms. The number of hydrogen-bond acceptors (Lipinski definition) is 5. The predicted octanol–water partition coefficient (Wildman–Crippen LogP) is 4.22. The van der Waals surface area contributed by atoms with Gasteiger partial charge in [-0.2, -0.15) is 0 Å². The van der Waals surface area contributed by atoms with Gasteiger partial charge in [-0.25, -0.2) is 4.98 Å². The van der Waals surface area contributed by atoms with Crippen LogP contribution in [0.3, 0.4) is 0 Å². The molecule has 2 aromatic carbocycles. The van der Waals surface area contributed by atoms with Crippen LogP contribution in [0.25, 0.3) is 10.2 Å². The molecule has 134 valence electrons. The Morgan fingerprint density at radius 1 is 1.04 bits per heavy atom. The number of thiazole rings is 1. The molecule has 0 fully saturated rings. The Kier molecular flexibility index (Phi) is 5.90. The van der Waals surface area contributed by atoms with Crippen LogP contribution in [0.15, 0.2) is 42.5 Å². The molecular formula is C19H19N3O2S2. The molecule has 3 rings (SSSR count). The number of hydrogen-bond donors (Lipinski definition) is 2. The molecule has 3 aromatic rings. The number of rotatable bonds is 6. The topological polar surface area (TPSA) is 71.1 Å². The van der Waals surface area contributed by atoms with Crippen LogP contribution in [0.2, 0.25) is 0 Å². The number of thioether (sulfide) groups is 1. The second-order valence-corrected chi connectivity index (χ2v) is 7.92. The van der Waals surface area contributed by atoms with Gasteiger partial charge in [-0.1, -0.05) is 35.6 Å². The first-order chi connectivity index (χ1) is 12.5. The Labute approximate surface area is 160 Å². The van der Waals surface area contributed by atoms with Crippen LogP contribution in [0.5, 0.6) is 0 Å². The van der Waals surface area contributed by atoms with E-state index in [1.54, 1.807) is 0 Å². The molecule has 7 heteroatoms. The predicted molar refractivity (Wildman–Crippen MR) is 110 cm³/mol. The van der Waals surface area contributed by atoms with Crippen LogP contribution in [0.4, 0.5) is 10.8 Å². The summed E-state index contributed by atoms with van der Waals surface area (Å²) in [5.41, 5.74) is 3.85. The number of benzene rings is 2. The van der Waals surface area contributed by atoms with Gasteiger partial charge in [0.25, 0.3) is 0 Å². The van der Waals surface area contributed by atoms with Crippen molar-refractivity contribution in [2.24, 2.45) is 0 Å². The Morgan fingerprint density at radius 3 is 2.50 bits per heavy atom. The van der Waals surface area contributed by atoms with E-state index < -0.39 is 0 Å². The molecule has 0 saturated carbocycles. The highest BCUT2D eigenvalue weighted by Crippen LogP contribution is 2.27. The Morgan fingerprint density at radius 2 is 1.77 bits per heavy atom. The fourth-order valence-corrected chi connectivity index (χ4v) is 4.03. The molecule has 0 radical (unpaired) electrons. The smallest absolute Gasteiger partial charge is 0.236 e. The van der Waals surface area contributed by atoms with Gasteiger partial charge in [0.1, 0.15) is 0 Å². The molecule has 2 N–H and O–H groups in total. The van der Waals surface area contributed by atoms with E-state index in [1.807, 2.05) is 56.3 Å². The summed E-state index contributed by atoms with van der Waals surface area (Å²) in [6.45, 7) is 3.97. The number of para-hydroxylation sites is 1. The van der Waals surface area contributed by atoms with Gasteiger partial charge in [0.05, 0.1) is 21.7 Å². The SMILES string of the molecule is Cc1cccc(NC(=O)CSCC(=O)Nc2nc3c(C)cccc3s2)c1. The normalized spacial score (nSPS) is 10.7. The van der Waals surface area contributed by atoms with Gasteiger partial charge in [-0.05, 0) is 43.2 Å². The minimum atomic E-state index is -0.157. The van der Waals surface area contributed by atoms with Crippen molar-refractivity contribution >= 4 is 55.9 Å². The summed E-state index contributed by atoms with van der Waals surface area (Å²) in [5, 5.41) is 6.22. The molecule has 2 amide bonds. The molecule has 5 nitrogen and oxygen atoms in total. The summed E-state index contributed by atoms with van der Waals surface area (Å²) in [6, 6.07) is 13.6. The lowest BCUT2D eigenvalue weighted by atomic mass is 10.2. The zero-order valence-corrected chi connectivity index (χ0v) is 16.2. The molecule has 0 bridgehead atoms. The van der Waals surface area contributed by atoms with Crippen LogP contribution in [-0.4, -0.2) is 28.3 Å². The van der Waals surface area contributed by atoms with E-state index in [1.165, 1.54) is 23.1 Å². The number of fused-ring (bicyclic) bond motifs is 1. The van der Waals surface area contributed by atoms with Crippen LogP contribution in [0.1, 0.15) is 11.1 Å². The maximum Gasteiger partial charge on any atom is 0.236 e. The van der Waals surface area contributed by atoms with E-state index in [9.17, 15) is 9.59 Å². The first-order valence-corrected chi connectivity index (χ1v) is 10.1. The number of aromatic nitrogens is 1. The third-order valence-electron chi connectivity index (χ3n) is 3.64. The van der Waals surface area contributed by atoms with Crippen molar-refractivity contribution in [3.63, 3.8) is 0 Å². The zero-order chi connectivity index (χ0) is 18.5. The highest BCUT2D eigenvalue weighted by Gasteiger charge is 2.10. The summed E-state index contributed by atoms with van der Waals surface area (Å²) < 4.78 is 1.05. The number of nitrogens with one attached hydrogen (secondary N) is 2. The summed E-state index contributed by atoms with van der Waals surface area (Å²) >= 11 is 2.73. The van der Waals surface area contributed by atoms with Crippen molar-refractivity contribution < 1.29 is 9.59 Å². The highest BCUT2D eigenvalue weighted by atomic mass is 32.2.